The first-order valence-corrected chi connectivity index (χ1v) is 6.07. The number of aromatic nitrogens is 1. The summed E-state index contributed by atoms with van der Waals surface area (Å²) in [5.41, 5.74) is 2.67. The predicted octanol–water partition coefficient (Wildman–Crippen LogP) is 1.70. The van der Waals surface area contributed by atoms with Gasteiger partial charge < -0.3 is 10.1 Å². The first-order valence-electron chi connectivity index (χ1n) is 6.07. The van der Waals surface area contributed by atoms with E-state index in [4.69, 9.17) is 4.74 Å². The summed E-state index contributed by atoms with van der Waals surface area (Å²) < 4.78 is 5.44. The fourth-order valence-corrected chi connectivity index (χ4v) is 2.10. The number of nitrogens with zero attached hydrogens (tertiary/aromatic N) is 1. The molecule has 1 atom stereocenters. The van der Waals surface area contributed by atoms with Crippen LogP contribution in [0.2, 0.25) is 0 Å². The van der Waals surface area contributed by atoms with Gasteiger partial charge in [0.05, 0.1) is 6.61 Å². The second-order valence-electron chi connectivity index (χ2n) is 4.42. The molecule has 0 saturated carbocycles. The maximum Gasteiger partial charge on any atom is 0.0619 e. The van der Waals surface area contributed by atoms with Gasteiger partial charge >= 0.3 is 0 Å². The van der Waals surface area contributed by atoms with Crippen molar-refractivity contribution >= 4 is 0 Å². The Morgan fingerprint density at radius 3 is 3.25 bits per heavy atom. The normalized spacial score (nSPS) is 20.9. The van der Waals surface area contributed by atoms with E-state index in [9.17, 15) is 0 Å². The molecule has 2 heterocycles. The van der Waals surface area contributed by atoms with Gasteiger partial charge in [0.25, 0.3) is 0 Å². The van der Waals surface area contributed by atoms with Crippen LogP contribution in [0, 0.1) is 6.92 Å². The quantitative estimate of drug-likeness (QED) is 0.838. The molecule has 16 heavy (non-hydrogen) atoms. The van der Waals surface area contributed by atoms with Gasteiger partial charge in [0, 0.05) is 25.0 Å². The molecule has 2 rings (SSSR count). The highest BCUT2D eigenvalue weighted by atomic mass is 16.5. The molecule has 0 aromatic carbocycles. The Kier molecular flexibility index (Phi) is 4.31. The van der Waals surface area contributed by atoms with Crippen LogP contribution in [0.4, 0.5) is 0 Å². The first-order chi connectivity index (χ1) is 7.86. The van der Waals surface area contributed by atoms with Crippen molar-refractivity contribution in [2.24, 2.45) is 0 Å². The summed E-state index contributed by atoms with van der Waals surface area (Å²) in [6.07, 6.45) is 7.30. The SMILES string of the molecule is Cc1cnccc1CCNC1CCCOC1. The lowest BCUT2D eigenvalue weighted by atomic mass is 10.1. The zero-order valence-corrected chi connectivity index (χ0v) is 9.91. The van der Waals surface area contributed by atoms with E-state index in [0.717, 1.165) is 26.2 Å². The van der Waals surface area contributed by atoms with E-state index >= 15 is 0 Å². The minimum Gasteiger partial charge on any atom is -0.380 e. The molecule has 1 aromatic heterocycles. The number of pyridine rings is 1. The molecule has 0 amide bonds. The van der Waals surface area contributed by atoms with Crippen molar-refractivity contribution in [1.82, 2.24) is 10.3 Å². The molecule has 88 valence electrons. The smallest absolute Gasteiger partial charge is 0.0619 e. The standard InChI is InChI=1S/C13H20N2O/c1-11-9-14-6-4-12(11)5-7-15-13-3-2-8-16-10-13/h4,6,9,13,15H,2-3,5,7-8,10H2,1H3. The second-order valence-corrected chi connectivity index (χ2v) is 4.42. The van der Waals surface area contributed by atoms with Gasteiger partial charge in [-0.1, -0.05) is 0 Å². The minimum absolute atomic E-state index is 0.552. The molecule has 1 fully saturated rings. The molecule has 3 nitrogen and oxygen atoms in total. The molecular weight excluding hydrogens is 200 g/mol. The molecular formula is C13H20N2O. The largest absolute Gasteiger partial charge is 0.380 e. The van der Waals surface area contributed by atoms with Gasteiger partial charge in [-0.25, -0.2) is 0 Å². The number of rotatable bonds is 4. The Labute approximate surface area is 97.2 Å². The van der Waals surface area contributed by atoms with E-state index in [-0.39, 0.29) is 0 Å². The lowest BCUT2D eigenvalue weighted by molar-refractivity contribution is 0.0707. The van der Waals surface area contributed by atoms with Crippen molar-refractivity contribution in [3.8, 4) is 0 Å². The van der Waals surface area contributed by atoms with Crippen molar-refractivity contribution in [2.45, 2.75) is 32.2 Å². The summed E-state index contributed by atoms with van der Waals surface area (Å²) >= 11 is 0. The third-order valence-corrected chi connectivity index (χ3v) is 3.12. The van der Waals surface area contributed by atoms with Crippen LogP contribution in [0.5, 0.6) is 0 Å². The summed E-state index contributed by atoms with van der Waals surface area (Å²) in [7, 11) is 0. The summed E-state index contributed by atoms with van der Waals surface area (Å²) in [5.74, 6) is 0. The third-order valence-electron chi connectivity index (χ3n) is 3.12. The highest BCUT2D eigenvalue weighted by Gasteiger charge is 2.12. The molecule has 0 spiro atoms. The molecule has 0 bridgehead atoms. The number of hydrogen-bond acceptors (Lipinski definition) is 3. The molecule has 1 aromatic rings. The second kappa shape index (κ2) is 5.97. The zero-order chi connectivity index (χ0) is 11.2. The summed E-state index contributed by atoms with van der Waals surface area (Å²) in [5, 5.41) is 3.55. The van der Waals surface area contributed by atoms with Gasteiger partial charge in [0.1, 0.15) is 0 Å². The number of hydrogen-bond donors (Lipinski definition) is 1. The molecule has 0 aliphatic carbocycles. The summed E-state index contributed by atoms with van der Waals surface area (Å²) in [6.45, 7) is 4.95. The van der Waals surface area contributed by atoms with E-state index in [1.54, 1.807) is 0 Å². The van der Waals surface area contributed by atoms with Crippen LogP contribution in [0.25, 0.3) is 0 Å². The van der Waals surface area contributed by atoms with Crippen LogP contribution >= 0.6 is 0 Å². The molecule has 1 aliphatic heterocycles. The third kappa shape index (κ3) is 3.29. The van der Waals surface area contributed by atoms with Gasteiger partial charge in [0.15, 0.2) is 0 Å². The zero-order valence-electron chi connectivity index (χ0n) is 9.91. The number of ether oxygens (including phenoxy) is 1. The number of nitrogens with one attached hydrogen (secondary N) is 1. The Balaban J connectivity index is 1.73. The Morgan fingerprint density at radius 2 is 2.50 bits per heavy atom. The van der Waals surface area contributed by atoms with Gasteiger partial charge in [0.2, 0.25) is 0 Å². The average Bonchev–Trinajstić information content (AvgIpc) is 2.33. The fraction of sp³-hybridized carbons (Fsp3) is 0.615. The Bertz CT molecular complexity index is 321. The molecule has 1 aliphatic rings. The molecule has 3 heteroatoms. The van der Waals surface area contributed by atoms with Crippen molar-refractivity contribution in [2.75, 3.05) is 19.8 Å². The highest BCUT2D eigenvalue weighted by molar-refractivity contribution is 5.21. The summed E-state index contributed by atoms with van der Waals surface area (Å²) in [4.78, 5) is 4.10. The van der Waals surface area contributed by atoms with Crippen molar-refractivity contribution in [1.29, 1.82) is 0 Å². The van der Waals surface area contributed by atoms with Crippen molar-refractivity contribution < 1.29 is 4.74 Å². The topological polar surface area (TPSA) is 34.2 Å². The minimum atomic E-state index is 0.552. The summed E-state index contributed by atoms with van der Waals surface area (Å²) in [6, 6.07) is 2.66. The predicted molar refractivity (Wildman–Crippen MR) is 64.5 cm³/mol. The van der Waals surface area contributed by atoms with E-state index in [1.807, 2.05) is 12.4 Å². The van der Waals surface area contributed by atoms with Gasteiger partial charge in [-0.15, -0.1) is 0 Å². The monoisotopic (exact) mass is 220 g/mol. The van der Waals surface area contributed by atoms with E-state index in [0.29, 0.717) is 6.04 Å². The molecule has 1 unspecified atom stereocenters. The van der Waals surface area contributed by atoms with E-state index in [2.05, 4.69) is 23.3 Å². The van der Waals surface area contributed by atoms with Crippen LogP contribution in [-0.4, -0.2) is 30.8 Å². The Hall–Kier alpha value is -0.930. The van der Waals surface area contributed by atoms with E-state index < -0.39 is 0 Å². The first kappa shape index (κ1) is 11.6. The molecule has 1 saturated heterocycles. The van der Waals surface area contributed by atoms with Gasteiger partial charge in [-0.05, 0) is 49.9 Å². The van der Waals surface area contributed by atoms with Crippen LogP contribution < -0.4 is 5.32 Å². The van der Waals surface area contributed by atoms with Crippen LogP contribution in [0.15, 0.2) is 18.5 Å². The highest BCUT2D eigenvalue weighted by Crippen LogP contribution is 2.07. The fourth-order valence-electron chi connectivity index (χ4n) is 2.10. The van der Waals surface area contributed by atoms with Gasteiger partial charge in [-0.3, -0.25) is 4.98 Å². The van der Waals surface area contributed by atoms with Crippen LogP contribution in [-0.2, 0) is 11.2 Å². The van der Waals surface area contributed by atoms with Crippen LogP contribution in [0.1, 0.15) is 24.0 Å². The van der Waals surface area contributed by atoms with Crippen molar-refractivity contribution in [3.05, 3.63) is 29.6 Å². The lowest BCUT2D eigenvalue weighted by Gasteiger charge is -2.23. The van der Waals surface area contributed by atoms with Crippen LogP contribution in [0.3, 0.4) is 0 Å². The Morgan fingerprint density at radius 1 is 1.56 bits per heavy atom. The van der Waals surface area contributed by atoms with Crippen molar-refractivity contribution in [3.63, 3.8) is 0 Å². The van der Waals surface area contributed by atoms with E-state index in [1.165, 1.54) is 24.0 Å². The molecule has 1 N–H and O–H groups in total. The molecule has 0 radical (unpaired) electrons. The van der Waals surface area contributed by atoms with Gasteiger partial charge in [-0.2, -0.15) is 0 Å². The maximum absolute atomic E-state index is 5.44. The average molecular weight is 220 g/mol. The number of aryl methyl sites for hydroxylation is 1. The lowest BCUT2D eigenvalue weighted by Crippen LogP contribution is -2.37. The maximum atomic E-state index is 5.44.